The van der Waals surface area contributed by atoms with Crippen molar-refractivity contribution in [2.24, 2.45) is 0 Å². The minimum atomic E-state index is -1.00. The highest BCUT2D eigenvalue weighted by atomic mass is 32.1. The van der Waals surface area contributed by atoms with Gasteiger partial charge in [-0.05, 0) is 48.0 Å². The average molecular weight is 443 g/mol. The molecule has 0 saturated carbocycles. The van der Waals surface area contributed by atoms with Crippen molar-refractivity contribution in [3.8, 4) is 27.7 Å². The summed E-state index contributed by atoms with van der Waals surface area (Å²) in [6.07, 6.45) is 1.73. The van der Waals surface area contributed by atoms with Crippen LogP contribution in [0.15, 0.2) is 72.2 Å². The number of pyridine rings is 1. The van der Waals surface area contributed by atoms with Crippen molar-refractivity contribution >= 4 is 28.9 Å². The van der Waals surface area contributed by atoms with Gasteiger partial charge in [0.15, 0.2) is 6.61 Å². The zero-order chi connectivity index (χ0) is 22.1. The van der Waals surface area contributed by atoms with Gasteiger partial charge in [0.1, 0.15) is 10.8 Å². The van der Waals surface area contributed by atoms with Crippen molar-refractivity contribution in [3.05, 3.63) is 83.4 Å². The third-order valence-corrected chi connectivity index (χ3v) is 5.97. The SMILES string of the molecule is O=C(O)c1cccc(CN2C(=O)COc3ccc(-c4csc(-c5ccccn5)n4)cc32)c1. The number of aromatic nitrogens is 2. The van der Waals surface area contributed by atoms with Crippen LogP contribution in [0.5, 0.6) is 5.75 Å². The highest BCUT2D eigenvalue weighted by Gasteiger charge is 2.26. The number of benzene rings is 2. The number of hydrogen-bond donors (Lipinski definition) is 1. The minimum absolute atomic E-state index is 0.0640. The van der Waals surface area contributed by atoms with Crippen molar-refractivity contribution in [1.82, 2.24) is 9.97 Å². The van der Waals surface area contributed by atoms with Crippen molar-refractivity contribution in [3.63, 3.8) is 0 Å². The lowest BCUT2D eigenvalue weighted by atomic mass is 10.1. The number of hydrogen-bond acceptors (Lipinski definition) is 6. The number of carboxylic acids is 1. The van der Waals surface area contributed by atoms with Crippen LogP contribution in [0.1, 0.15) is 15.9 Å². The molecule has 158 valence electrons. The molecule has 5 rings (SSSR count). The Bertz CT molecular complexity index is 1320. The summed E-state index contributed by atoms with van der Waals surface area (Å²) in [5.74, 6) is -0.596. The van der Waals surface area contributed by atoms with E-state index in [1.165, 1.54) is 17.4 Å². The molecular weight excluding hydrogens is 426 g/mol. The van der Waals surface area contributed by atoms with Crippen LogP contribution >= 0.6 is 11.3 Å². The van der Waals surface area contributed by atoms with Crippen LogP contribution in [0.3, 0.4) is 0 Å². The second-order valence-electron chi connectivity index (χ2n) is 7.21. The van der Waals surface area contributed by atoms with Crippen LogP contribution in [-0.4, -0.2) is 33.6 Å². The standard InChI is InChI=1S/C24H17N3O4S/c28-22-13-31-21-8-7-16(19-14-32-23(26-19)18-6-1-2-9-25-18)11-20(21)27(22)12-15-4-3-5-17(10-15)24(29)30/h1-11,14H,12-13H2,(H,29,30). The first-order chi connectivity index (χ1) is 15.6. The minimum Gasteiger partial charge on any atom is -0.482 e. The van der Waals surface area contributed by atoms with Gasteiger partial charge in [-0.15, -0.1) is 11.3 Å². The number of carboxylic acid groups (broad SMARTS) is 1. The smallest absolute Gasteiger partial charge is 0.335 e. The molecular formula is C24H17N3O4S. The van der Waals surface area contributed by atoms with Crippen LogP contribution in [0.2, 0.25) is 0 Å². The number of aromatic carboxylic acids is 1. The molecule has 1 N–H and O–H groups in total. The number of nitrogens with zero attached hydrogens (tertiary/aromatic N) is 3. The third kappa shape index (κ3) is 3.83. The predicted molar refractivity (Wildman–Crippen MR) is 121 cm³/mol. The molecule has 2 aromatic carbocycles. The van der Waals surface area contributed by atoms with E-state index in [-0.39, 0.29) is 24.6 Å². The maximum absolute atomic E-state index is 12.7. The molecule has 0 radical (unpaired) electrons. The molecule has 1 amide bonds. The molecule has 0 unspecified atom stereocenters. The van der Waals surface area contributed by atoms with Crippen LogP contribution in [-0.2, 0) is 11.3 Å². The number of anilines is 1. The van der Waals surface area contributed by atoms with Gasteiger partial charge in [0, 0.05) is 17.1 Å². The molecule has 1 aliphatic heterocycles. The van der Waals surface area contributed by atoms with E-state index in [1.54, 1.807) is 29.3 Å². The van der Waals surface area contributed by atoms with E-state index in [0.29, 0.717) is 11.4 Å². The van der Waals surface area contributed by atoms with Gasteiger partial charge in [-0.3, -0.25) is 9.78 Å². The molecule has 0 aliphatic carbocycles. The molecule has 0 spiro atoms. The van der Waals surface area contributed by atoms with Gasteiger partial charge < -0.3 is 14.7 Å². The average Bonchev–Trinajstić information content (AvgIpc) is 3.32. The highest BCUT2D eigenvalue weighted by Crippen LogP contribution is 2.38. The van der Waals surface area contributed by atoms with E-state index in [9.17, 15) is 14.7 Å². The summed E-state index contributed by atoms with van der Waals surface area (Å²) in [5.41, 5.74) is 3.98. The number of rotatable bonds is 5. The van der Waals surface area contributed by atoms with Gasteiger partial charge in [-0.25, -0.2) is 9.78 Å². The van der Waals surface area contributed by atoms with E-state index in [1.807, 2.05) is 41.8 Å². The molecule has 2 aromatic heterocycles. The summed E-state index contributed by atoms with van der Waals surface area (Å²) >= 11 is 1.50. The normalized spacial score (nSPS) is 12.9. The van der Waals surface area contributed by atoms with E-state index < -0.39 is 5.97 Å². The maximum Gasteiger partial charge on any atom is 0.335 e. The van der Waals surface area contributed by atoms with Crippen molar-refractivity contribution in [1.29, 1.82) is 0 Å². The topological polar surface area (TPSA) is 92.6 Å². The molecule has 7 nitrogen and oxygen atoms in total. The van der Waals surface area contributed by atoms with Crippen LogP contribution in [0.4, 0.5) is 5.69 Å². The lowest BCUT2D eigenvalue weighted by Crippen LogP contribution is -2.38. The van der Waals surface area contributed by atoms with Gasteiger partial charge in [0.25, 0.3) is 5.91 Å². The summed E-state index contributed by atoms with van der Waals surface area (Å²) in [6, 6.07) is 17.9. The Labute approximate surface area is 187 Å². The van der Waals surface area contributed by atoms with Crippen LogP contribution in [0, 0.1) is 0 Å². The molecule has 0 fully saturated rings. The van der Waals surface area contributed by atoms with Crippen molar-refractivity contribution < 1.29 is 19.4 Å². The number of carbonyl (C=O) groups excluding carboxylic acids is 1. The Hall–Kier alpha value is -4.04. The van der Waals surface area contributed by atoms with Gasteiger partial charge >= 0.3 is 5.97 Å². The monoisotopic (exact) mass is 443 g/mol. The molecule has 4 aromatic rings. The Morgan fingerprint density at radius 2 is 2.00 bits per heavy atom. The van der Waals surface area contributed by atoms with E-state index in [2.05, 4.69) is 4.98 Å². The lowest BCUT2D eigenvalue weighted by molar-refractivity contribution is -0.121. The first-order valence-electron chi connectivity index (χ1n) is 9.85. The fourth-order valence-electron chi connectivity index (χ4n) is 3.53. The fraction of sp³-hybridized carbons (Fsp3) is 0.0833. The first kappa shape index (κ1) is 19.9. The molecule has 0 atom stereocenters. The Kier molecular flexibility index (Phi) is 5.12. The zero-order valence-corrected chi connectivity index (χ0v) is 17.6. The summed E-state index contributed by atoms with van der Waals surface area (Å²) in [6.45, 7) is 0.182. The molecule has 32 heavy (non-hydrogen) atoms. The molecule has 0 saturated heterocycles. The molecule has 0 bridgehead atoms. The summed E-state index contributed by atoms with van der Waals surface area (Å²) in [4.78, 5) is 34.7. The van der Waals surface area contributed by atoms with Crippen LogP contribution < -0.4 is 9.64 Å². The summed E-state index contributed by atoms with van der Waals surface area (Å²) in [5, 5.41) is 12.0. The van der Waals surface area contributed by atoms with E-state index >= 15 is 0 Å². The Morgan fingerprint density at radius 3 is 2.81 bits per heavy atom. The summed E-state index contributed by atoms with van der Waals surface area (Å²) in [7, 11) is 0. The third-order valence-electron chi connectivity index (χ3n) is 5.10. The number of thiazole rings is 1. The second-order valence-corrected chi connectivity index (χ2v) is 8.07. The van der Waals surface area contributed by atoms with Gasteiger partial charge in [-0.1, -0.05) is 18.2 Å². The molecule has 8 heteroatoms. The van der Waals surface area contributed by atoms with Crippen LogP contribution in [0.25, 0.3) is 22.0 Å². The van der Waals surface area contributed by atoms with Gasteiger partial charge in [0.2, 0.25) is 0 Å². The second kappa shape index (κ2) is 8.24. The Balaban J connectivity index is 1.48. The summed E-state index contributed by atoms with van der Waals surface area (Å²) < 4.78 is 5.62. The largest absolute Gasteiger partial charge is 0.482 e. The number of fused-ring (bicyclic) bond motifs is 1. The van der Waals surface area contributed by atoms with Gasteiger partial charge in [0.05, 0.1) is 29.2 Å². The fourth-order valence-corrected chi connectivity index (χ4v) is 4.34. The van der Waals surface area contributed by atoms with E-state index in [4.69, 9.17) is 9.72 Å². The number of amides is 1. The maximum atomic E-state index is 12.7. The predicted octanol–water partition coefficient (Wildman–Crippen LogP) is 4.50. The number of ether oxygens (including phenoxy) is 1. The van der Waals surface area contributed by atoms with E-state index in [0.717, 1.165) is 27.5 Å². The highest BCUT2D eigenvalue weighted by molar-refractivity contribution is 7.13. The van der Waals surface area contributed by atoms with Crippen molar-refractivity contribution in [2.45, 2.75) is 6.54 Å². The molecule has 1 aliphatic rings. The zero-order valence-electron chi connectivity index (χ0n) is 16.8. The Morgan fingerprint density at radius 1 is 1.09 bits per heavy atom. The number of carbonyl (C=O) groups is 2. The van der Waals surface area contributed by atoms with Gasteiger partial charge in [-0.2, -0.15) is 0 Å². The lowest BCUT2D eigenvalue weighted by Gasteiger charge is -2.30. The van der Waals surface area contributed by atoms with Crippen molar-refractivity contribution in [2.75, 3.05) is 11.5 Å². The molecule has 3 heterocycles. The quantitative estimate of drug-likeness (QED) is 0.488. The first-order valence-corrected chi connectivity index (χ1v) is 10.7.